The quantitative estimate of drug-likeness (QED) is 0.116. The SMILES string of the molecule is [C-]#[N+]c1cc(-c2nc(-c3cccc4c3CCC4N3CC(C(=O)O)C3)no2)ccc1OC(C)C.[C-]#[N+]c1cc(-c2nc(-c3cccc4c3CCC4N3CC(C(C)=O)C3)no2)ccc1OC(C)C. The zero-order chi connectivity index (χ0) is 46.2. The number of fused-ring (bicyclic) bond motifs is 2. The van der Waals surface area contributed by atoms with E-state index in [1.807, 2.05) is 64.1 Å². The molecule has 1 N–H and O–H groups in total. The summed E-state index contributed by atoms with van der Waals surface area (Å²) in [6.07, 6.45) is 3.78. The minimum atomic E-state index is -0.720. The average molecular weight is 887 g/mol. The number of carbonyl (C=O) groups excluding carboxylic acids is 1. The Morgan fingerprint density at radius 2 is 1.12 bits per heavy atom. The molecule has 0 bridgehead atoms. The highest BCUT2D eigenvalue weighted by atomic mass is 16.5. The number of carboxylic acids is 1. The first-order chi connectivity index (χ1) is 31.9. The van der Waals surface area contributed by atoms with Crippen LogP contribution in [-0.2, 0) is 22.4 Å². The number of rotatable bonds is 12. The van der Waals surface area contributed by atoms with Gasteiger partial charge in [0.05, 0.1) is 31.3 Å². The lowest BCUT2D eigenvalue weighted by Gasteiger charge is -2.42. The second-order valence-corrected chi connectivity index (χ2v) is 17.9. The minimum absolute atomic E-state index is 0.0139. The van der Waals surface area contributed by atoms with Crippen molar-refractivity contribution in [2.24, 2.45) is 11.8 Å². The van der Waals surface area contributed by atoms with Crippen molar-refractivity contribution in [3.8, 4) is 57.2 Å². The molecule has 10 rings (SSSR count). The topological polar surface area (TPSA) is 166 Å². The number of carboxylic acid groups (broad SMARTS) is 1. The van der Waals surface area contributed by atoms with Gasteiger partial charge in [-0.05, 0) is 119 Å². The Bertz CT molecular complexity index is 2700. The number of hydrogen-bond acceptors (Lipinski definition) is 12. The molecule has 2 atom stereocenters. The molecule has 2 fully saturated rings. The predicted molar refractivity (Wildman–Crippen MR) is 245 cm³/mol. The third-order valence-corrected chi connectivity index (χ3v) is 12.8. The molecule has 0 saturated carbocycles. The third kappa shape index (κ3) is 8.67. The molecule has 4 heterocycles. The largest absolute Gasteiger partial charge is 0.502 e. The van der Waals surface area contributed by atoms with Crippen LogP contribution in [0.2, 0.25) is 0 Å². The summed E-state index contributed by atoms with van der Waals surface area (Å²) in [5, 5.41) is 17.7. The van der Waals surface area contributed by atoms with Crippen LogP contribution in [-0.4, -0.2) is 85.3 Å². The summed E-state index contributed by atoms with van der Waals surface area (Å²) in [5.41, 5.74) is 9.06. The number of likely N-dealkylation sites (tertiary alicyclic amines) is 2. The van der Waals surface area contributed by atoms with Gasteiger partial charge >= 0.3 is 5.97 Å². The minimum Gasteiger partial charge on any atom is -0.502 e. The molecule has 2 unspecified atom stereocenters. The van der Waals surface area contributed by atoms with Crippen LogP contribution in [0.25, 0.3) is 55.4 Å². The van der Waals surface area contributed by atoms with Crippen molar-refractivity contribution >= 4 is 23.1 Å². The van der Waals surface area contributed by atoms with Crippen molar-refractivity contribution in [3.05, 3.63) is 118 Å². The lowest BCUT2D eigenvalue weighted by atomic mass is 9.92. The summed E-state index contributed by atoms with van der Waals surface area (Å²) in [6.45, 7) is 27.2. The number of Topliss-reactive ketones (excluding diaryl/α,β-unsaturated/α-hetero) is 1. The van der Waals surface area contributed by atoms with E-state index >= 15 is 0 Å². The highest BCUT2D eigenvalue weighted by molar-refractivity contribution is 5.80. The van der Waals surface area contributed by atoms with E-state index in [4.69, 9.17) is 31.7 Å². The number of carbonyl (C=O) groups is 2. The Hall–Kier alpha value is -7.20. The van der Waals surface area contributed by atoms with Gasteiger partial charge in [0.2, 0.25) is 23.0 Å². The van der Waals surface area contributed by atoms with Gasteiger partial charge in [-0.25, -0.2) is 9.69 Å². The molecule has 15 nitrogen and oxygen atoms in total. The van der Waals surface area contributed by atoms with Crippen LogP contribution in [0.1, 0.15) is 81.8 Å². The van der Waals surface area contributed by atoms with Crippen LogP contribution in [0.5, 0.6) is 11.5 Å². The summed E-state index contributed by atoms with van der Waals surface area (Å²) >= 11 is 0. The maximum absolute atomic E-state index is 11.6. The van der Waals surface area contributed by atoms with Gasteiger partial charge in [-0.3, -0.25) is 19.4 Å². The van der Waals surface area contributed by atoms with Gasteiger partial charge in [-0.15, -0.1) is 0 Å². The Labute approximate surface area is 383 Å². The van der Waals surface area contributed by atoms with E-state index < -0.39 is 5.97 Å². The Morgan fingerprint density at radius 3 is 1.52 bits per heavy atom. The van der Waals surface area contributed by atoms with E-state index in [2.05, 4.69) is 51.9 Å². The van der Waals surface area contributed by atoms with E-state index in [-0.39, 0.29) is 35.9 Å². The van der Waals surface area contributed by atoms with Gasteiger partial charge in [0, 0.05) is 66.4 Å². The number of aliphatic carboxylic acids is 1. The molecule has 0 spiro atoms. The zero-order valence-electron chi connectivity index (χ0n) is 37.5. The molecule has 0 radical (unpaired) electrons. The fourth-order valence-corrected chi connectivity index (χ4v) is 9.47. The van der Waals surface area contributed by atoms with Crippen LogP contribution in [0.15, 0.2) is 81.8 Å². The van der Waals surface area contributed by atoms with E-state index in [0.29, 0.717) is 76.6 Å². The first kappa shape index (κ1) is 44.0. The van der Waals surface area contributed by atoms with Gasteiger partial charge in [0.1, 0.15) is 17.3 Å². The van der Waals surface area contributed by atoms with Gasteiger partial charge in [0.15, 0.2) is 0 Å². The molecule has 6 aromatic rings. The van der Waals surface area contributed by atoms with Crippen molar-refractivity contribution in [2.75, 3.05) is 26.2 Å². The van der Waals surface area contributed by atoms with Crippen LogP contribution >= 0.6 is 0 Å². The highest BCUT2D eigenvalue weighted by Crippen LogP contribution is 2.45. The smallest absolute Gasteiger partial charge is 0.309 e. The number of nitrogens with zero attached hydrogens (tertiary/aromatic N) is 8. The number of hydrogen-bond donors (Lipinski definition) is 1. The lowest BCUT2D eigenvalue weighted by Crippen LogP contribution is -2.51. The monoisotopic (exact) mass is 886 g/mol. The van der Waals surface area contributed by atoms with Crippen molar-refractivity contribution in [1.82, 2.24) is 30.1 Å². The molecule has 15 heteroatoms. The van der Waals surface area contributed by atoms with Crippen LogP contribution in [0.4, 0.5) is 11.4 Å². The number of benzene rings is 4. The van der Waals surface area contributed by atoms with E-state index in [1.54, 1.807) is 31.2 Å². The average Bonchev–Trinajstić information content (AvgIpc) is 4.10. The maximum Gasteiger partial charge on any atom is 0.309 e. The van der Waals surface area contributed by atoms with Crippen LogP contribution in [0, 0.1) is 25.0 Å². The first-order valence-corrected chi connectivity index (χ1v) is 22.4. The molecular weight excluding hydrogens is 837 g/mol. The fourth-order valence-electron chi connectivity index (χ4n) is 9.47. The van der Waals surface area contributed by atoms with E-state index in [0.717, 1.165) is 49.9 Å². The highest BCUT2D eigenvalue weighted by Gasteiger charge is 2.41. The van der Waals surface area contributed by atoms with Gasteiger partial charge < -0.3 is 23.6 Å². The molecule has 66 heavy (non-hydrogen) atoms. The first-order valence-electron chi connectivity index (χ1n) is 22.4. The fraction of sp³-hybridized carbons (Fsp3) is 0.373. The molecule has 2 saturated heterocycles. The van der Waals surface area contributed by atoms with Crippen LogP contribution < -0.4 is 9.47 Å². The summed E-state index contributed by atoms with van der Waals surface area (Å²) < 4.78 is 22.5. The number of aromatic nitrogens is 4. The second kappa shape index (κ2) is 18.4. The summed E-state index contributed by atoms with van der Waals surface area (Å²) in [6, 6.07) is 23.6. The Balaban J connectivity index is 0.000000166. The Morgan fingerprint density at radius 1 is 0.682 bits per heavy atom. The van der Waals surface area contributed by atoms with Crippen molar-refractivity contribution in [1.29, 1.82) is 0 Å². The molecule has 4 aromatic carbocycles. The summed E-state index contributed by atoms with van der Waals surface area (Å²) in [4.78, 5) is 43.9. The maximum atomic E-state index is 11.6. The number of ketones is 1. The summed E-state index contributed by atoms with van der Waals surface area (Å²) in [5.74, 6) is 2.35. The molecule has 2 aromatic heterocycles. The molecule has 2 aliphatic heterocycles. The van der Waals surface area contributed by atoms with Crippen molar-refractivity contribution in [2.45, 2.75) is 84.6 Å². The molecule has 336 valence electrons. The second-order valence-electron chi connectivity index (χ2n) is 17.9. The standard InChI is InChI=1S/C26H26N4O3.C25H24N4O4/c1-15(2)32-24-11-8-17(12-22(24)27-4)26-28-25(29-33-26)21-7-5-6-20-19(21)9-10-23(20)30-13-18(14-30)16(3)31;1-14(2)32-22-10-7-15(11-20(22)26-3)24-27-23(28-33-24)19-6-4-5-18-17(19)8-9-21(18)29-12-16(13-29)25(30)31/h5-8,11-12,15,18,23H,9-10,13-14H2,1-3H3;4-7,10-11,14,16,21H,8-9,12-13H2,1-2H3,(H,30,31). The normalized spacial score (nSPS) is 18.1. The van der Waals surface area contributed by atoms with Crippen molar-refractivity contribution in [3.63, 3.8) is 0 Å². The molecular formula is C51H50N8O7. The summed E-state index contributed by atoms with van der Waals surface area (Å²) in [7, 11) is 0. The predicted octanol–water partition coefficient (Wildman–Crippen LogP) is 9.99. The molecule has 0 amide bonds. The van der Waals surface area contributed by atoms with E-state index in [1.165, 1.54) is 22.3 Å². The number of ether oxygens (including phenoxy) is 2. The zero-order valence-corrected chi connectivity index (χ0v) is 37.5. The van der Waals surface area contributed by atoms with Gasteiger partial charge in [0.25, 0.3) is 11.8 Å². The Kier molecular flexibility index (Phi) is 12.2. The van der Waals surface area contributed by atoms with Crippen LogP contribution in [0.3, 0.4) is 0 Å². The van der Waals surface area contributed by atoms with Gasteiger partial charge in [-0.2, -0.15) is 9.97 Å². The van der Waals surface area contributed by atoms with E-state index in [9.17, 15) is 14.7 Å². The lowest BCUT2D eigenvalue weighted by molar-refractivity contribution is -0.148. The molecule has 4 aliphatic rings. The third-order valence-electron chi connectivity index (χ3n) is 12.8. The molecule has 2 aliphatic carbocycles. The van der Waals surface area contributed by atoms with Crippen molar-refractivity contribution < 1.29 is 33.2 Å². The van der Waals surface area contributed by atoms with Gasteiger partial charge in [-0.1, -0.05) is 46.7 Å².